The normalized spacial score (nSPS) is 10.7. The van der Waals surface area contributed by atoms with Crippen molar-refractivity contribution in [3.63, 3.8) is 0 Å². The monoisotopic (exact) mass is 369 g/mol. The van der Waals surface area contributed by atoms with Gasteiger partial charge in [0, 0.05) is 17.9 Å². The summed E-state index contributed by atoms with van der Waals surface area (Å²) in [7, 11) is 0. The first kappa shape index (κ1) is 18.4. The lowest BCUT2D eigenvalue weighted by atomic mass is 10.1. The molecule has 0 aliphatic carbocycles. The number of nitrogens with one attached hydrogen (secondary N) is 1. The Morgan fingerprint density at radius 3 is 2.78 bits per heavy atom. The third kappa shape index (κ3) is 4.63. The number of fused-ring (bicyclic) bond motifs is 1. The zero-order valence-corrected chi connectivity index (χ0v) is 14.8. The molecule has 0 spiro atoms. The summed E-state index contributed by atoms with van der Waals surface area (Å²) in [5.41, 5.74) is -0.640. The van der Waals surface area contributed by atoms with Gasteiger partial charge in [0.05, 0.1) is 12.8 Å². The number of ether oxygens (including phenoxy) is 1. The highest BCUT2D eigenvalue weighted by Crippen LogP contribution is 2.21. The molecule has 7 nitrogen and oxygen atoms in total. The number of furan rings is 1. The van der Waals surface area contributed by atoms with E-state index >= 15 is 0 Å². The Hall–Kier alpha value is -3.35. The molecule has 7 heteroatoms. The van der Waals surface area contributed by atoms with Crippen LogP contribution in [0.3, 0.4) is 0 Å². The molecule has 0 atom stereocenters. The van der Waals surface area contributed by atoms with Gasteiger partial charge in [-0.05, 0) is 36.8 Å². The fourth-order valence-corrected chi connectivity index (χ4v) is 2.49. The van der Waals surface area contributed by atoms with E-state index in [0.717, 1.165) is 12.8 Å². The minimum Gasteiger partial charge on any atom is -0.467 e. The molecule has 0 unspecified atom stereocenters. The number of esters is 1. The molecule has 0 aliphatic rings. The number of unbranched alkanes of at least 4 members (excludes halogenated alkanes) is 1. The molecule has 0 saturated heterocycles. The lowest BCUT2D eigenvalue weighted by molar-refractivity contribution is -0.134. The summed E-state index contributed by atoms with van der Waals surface area (Å²) >= 11 is 0. The minimum atomic E-state index is -0.770. The molecule has 0 bridgehead atoms. The van der Waals surface area contributed by atoms with Crippen molar-refractivity contribution in [3.8, 4) is 5.75 Å². The van der Waals surface area contributed by atoms with Gasteiger partial charge in [0.25, 0.3) is 5.91 Å². The number of hydrogen-bond donors (Lipinski definition) is 1. The van der Waals surface area contributed by atoms with Gasteiger partial charge < -0.3 is 18.9 Å². The van der Waals surface area contributed by atoms with Gasteiger partial charge in [-0.15, -0.1) is 0 Å². The highest BCUT2D eigenvalue weighted by atomic mass is 16.5. The van der Waals surface area contributed by atoms with Crippen LogP contribution in [0.5, 0.6) is 5.75 Å². The topological polar surface area (TPSA) is 98.8 Å². The second kappa shape index (κ2) is 8.35. The van der Waals surface area contributed by atoms with Crippen LogP contribution in [0.4, 0.5) is 0 Å². The molecule has 140 valence electrons. The molecule has 1 N–H and O–H groups in total. The maximum atomic E-state index is 12.2. The van der Waals surface area contributed by atoms with Crippen LogP contribution >= 0.6 is 0 Å². The molecular weight excluding hydrogens is 350 g/mol. The molecule has 0 aliphatic heterocycles. The average Bonchev–Trinajstić information content (AvgIpc) is 3.17. The standard InChI is InChI=1S/C20H19NO6/c1-2-3-6-18(22)26-14-8-7-13-10-16(20(24)27-17(13)11-14)19(23)21-12-15-5-4-9-25-15/h4-5,7-11H,2-3,6,12H2,1H3,(H,21,23). The van der Waals surface area contributed by atoms with Crippen molar-refractivity contribution in [2.24, 2.45) is 0 Å². The summed E-state index contributed by atoms with van der Waals surface area (Å²) in [5, 5.41) is 3.15. The van der Waals surface area contributed by atoms with Gasteiger partial charge in [-0.3, -0.25) is 9.59 Å². The van der Waals surface area contributed by atoms with Crippen LogP contribution in [0.2, 0.25) is 0 Å². The molecule has 3 aromatic rings. The Morgan fingerprint density at radius 2 is 2.04 bits per heavy atom. The van der Waals surface area contributed by atoms with Crippen LogP contribution in [0.25, 0.3) is 11.0 Å². The van der Waals surface area contributed by atoms with Gasteiger partial charge in [-0.2, -0.15) is 0 Å². The van der Waals surface area contributed by atoms with E-state index in [4.69, 9.17) is 13.6 Å². The van der Waals surface area contributed by atoms with Crippen LogP contribution < -0.4 is 15.7 Å². The van der Waals surface area contributed by atoms with E-state index in [9.17, 15) is 14.4 Å². The van der Waals surface area contributed by atoms with Gasteiger partial charge >= 0.3 is 11.6 Å². The van der Waals surface area contributed by atoms with Gasteiger partial charge in [0.2, 0.25) is 0 Å². The first-order valence-electron chi connectivity index (χ1n) is 8.66. The van der Waals surface area contributed by atoms with Gasteiger partial charge in [-0.1, -0.05) is 13.3 Å². The predicted molar refractivity (Wildman–Crippen MR) is 97.5 cm³/mol. The van der Waals surface area contributed by atoms with Crippen LogP contribution in [0.15, 0.2) is 56.3 Å². The number of rotatable bonds is 7. The number of carbonyl (C=O) groups excluding carboxylic acids is 2. The summed E-state index contributed by atoms with van der Waals surface area (Å²) in [4.78, 5) is 36.1. The fraction of sp³-hybridized carbons (Fsp3) is 0.250. The highest BCUT2D eigenvalue weighted by Gasteiger charge is 2.15. The first-order valence-corrected chi connectivity index (χ1v) is 8.66. The third-order valence-electron chi connectivity index (χ3n) is 3.92. The summed E-state index contributed by atoms with van der Waals surface area (Å²) in [6, 6.07) is 9.55. The van der Waals surface area contributed by atoms with Crippen molar-refractivity contribution in [2.45, 2.75) is 32.7 Å². The third-order valence-corrected chi connectivity index (χ3v) is 3.92. The van der Waals surface area contributed by atoms with Crippen LogP contribution in [-0.2, 0) is 11.3 Å². The fourth-order valence-electron chi connectivity index (χ4n) is 2.49. The Labute approximate surface area is 154 Å². The first-order chi connectivity index (χ1) is 13.1. The number of amides is 1. The highest BCUT2D eigenvalue weighted by molar-refractivity contribution is 5.96. The molecule has 1 aromatic carbocycles. The summed E-state index contributed by atoms with van der Waals surface area (Å²) in [6.45, 7) is 2.15. The Balaban J connectivity index is 1.76. The van der Waals surface area contributed by atoms with Gasteiger partial charge in [-0.25, -0.2) is 4.79 Å². The molecule has 3 rings (SSSR count). The zero-order valence-electron chi connectivity index (χ0n) is 14.8. The molecular formula is C20H19NO6. The van der Waals surface area contributed by atoms with Crippen LogP contribution in [0, 0.1) is 0 Å². The van der Waals surface area contributed by atoms with E-state index in [-0.39, 0.29) is 23.7 Å². The lowest BCUT2D eigenvalue weighted by Gasteiger charge is -2.06. The van der Waals surface area contributed by atoms with E-state index in [0.29, 0.717) is 23.3 Å². The maximum Gasteiger partial charge on any atom is 0.349 e. The van der Waals surface area contributed by atoms with E-state index in [1.165, 1.54) is 18.4 Å². The molecule has 0 radical (unpaired) electrons. The van der Waals surface area contributed by atoms with Crippen molar-refractivity contribution >= 4 is 22.8 Å². The molecule has 0 fully saturated rings. The summed E-state index contributed by atoms with van der Waals surface area (Å²) in [6.07, 6.45) is 3.47. The SMILES string of the molecule is CCCCC(=O)Oc1ccc2cc(C(=O)NCc3ccco3)c(=O)oc2c1. The van der Waals surface area contributed by atoms with Crippen molar-refractivity contribution in [3.05, 3.63) is 64.4 Å². The average molecular weight is 369 g/mol. The van der Waals surface area contributed by atoms with E-state index in [1.54, 1.807) is 24.3 Å². The van der Waals surface area contributed by atoms with Crippen LogP contribution in [0.1, 0.15) is 42.3 Å². The second-order valence-corrected chi connectivity index (χ2v) is 5.99. The lowest BCUT2D eigenvalue weighted by Crippen LogP contribution is -2.27. The molecule has 27 heavy (non-hydrogen) atoms. The zero-order chi connectivity index (χ0) is 19.2. The smallest absolute Gasteiger partial charge is 0.349 e. The molecule has 2 heterocycles. The molecule has 1 amide bonds. The van der Waals surface area contributed by atoms with Crippen molar-refractivity contribution < 1.29 is 23.2 Å². The minimum absolute atomic E-state index is 0.109. The van der Waals surface area contributed by atoms with Crippen molar-refractivity contribution in [1.82, 2.24) is 5.32 Å². The second-order valence-electron chi connectivity index (χ2n) is 5.99. The quantitative estimate of drug-likeness (QED) is 0.389. The van der Waals surface area contributed by atoms with Crippen LogP contribution in [-0.4, -0.2) is 11.9 Å². The van der Waals surface area contributed by atoms with Gasteiger partial charge in [0.1, 0.15) is 22.7 Å². The van der Waals surface area contributed by atoms with E-state index in [2.05, 4.69) is 5.32 Å². The largest absolute Gasteiger partial charge is 0.467 e. The van der Waals surface area contributed by atoms with Crippen molar-refractivity contribution in [1.29, 1.82) is 0 Å². The number of carbonyl (C=O) groups is 2. The Morgan fingerprint density at radius 1 is 1.19 bits per heavy atom. The maximum absolute atomic E-state index is 12.2. The summed E-state index contributed by atoms with van der Waals surface area (Å²) in [5.74, 6) is -0.0329. The Kier molecular flexibility index (Phi) is 5.71. The Bertz CT molecular complexity index is 1000. The number of benzene rings is 1. The van der Waals surface area contributed by atoms with E-state index < -0.39 is 11.5 Å². The summed E-state index contributed by atoms with van der Waals surface area (Å²) < 4.78 is 15.6. The molecule has 0 saturated carbocycles. The molecule has 2 aromatic heterocycles. The number of hydrogen-bond acceptors (Lipinski definition) is 6. The van der Waals surface area contributed by atoms with Gasteiger partial charge in [0.15, 0.2) is 0 Å². The predicted octanol–water partition coefficient (Wildman–Crippen LogP) is 3.41. The van der Waals surface area contributed by atoms with E-state index in [1.807, 2.05) is 6.92 Å². The van der Waals surface area contributed by atoms with Crippen molar-refractivity contribution in [2.75, 3.05) is 0 Å².